The molecule has 0 bridgehead atoms. The molecule has 1 rings (SSSR count). The molecule has 0 aromatic heterocycles. The third kappa shape index (κ3) is 3.44. The number of aliphatic carboxylic acids is 1. The molecule has 0 aliphatic carbocycles. The SMILES string of the molecule is O=C(O)CC(=O)c1cc(C(F)(F)F)cc([N+](=O)[O-])c1Cl. The zero-order valence-corrected chi connectivity index (χ0v) is 10.2. The van der Waals surface area contributed by atoms with E-state index in [2.05, 4.69) is 0 Å². The number of hydrogen-bond donors (Lipinski definition) is 1. The van der Waals surface area contributed by atoms with Crippen molar-refractivity contribution in [2.75, 3.05) is 0 Å². The quantitative estimate of drug-likeness (QED) is 0.399. The van der Waals surface area contributed by atoms with Crippen LogP contribution in [-0.2, 0) is 11.0 Å². The van der Waals surface area contributed by atoms with Crippen LogP contribution in [0.4, 0.5) is 18.9 Å². The summed E-state index contributed by atoms with van der Waals surface area (Å²) in [5.74, 6) is -2.84. The Morgan fingerprint density at radius 3 is 2.30 bits per heavy atom. The second-order valence-electron chi connectivity index (χ2n) is 3.61. The van der Waals surface area contributed by atoms with Gasteiger partial charge in [-0.3, -0.25) is 19.7 Å². The Kier molecular flexibility index (Phi) is 4.33. The topological polar surface area (TPSA) is 97.5 Å². The van der Waals surface area contributed by atoms with Crippen LogP contribution in [0.3, 0.4) is 0 Å². The average molecular weight is 312 g/mol. The van der Waals surface area contributed by atoms with E-state index in [1.54, 1.807) is 0 Å². The molecule has 0 aliphatic rings. The molecule has 20 heavy (non-hydrogen) atoms. The number of rotatable bonds is 4. The Bertz CT molecular complexity index is 599. The molecule has 0 saturated heterocycles. The molecule has 0 atom stereocenters. The molecule has 0 aliphatic heterocycles. The lowest BCUT2D eigenvalue weighted by molar-refractivity contribution is -0.385. The van der Waals surface area contributed by atoms with E-state index >= 15 is 0 Å². The van der Waals surface area contributed by atoms with E-state index < -0.39 is 51.1 Å². The number of nitro benzene ring substituents is 1. The number of carboxylic acid groups (broad SMARTS) is 1. The van der Waals surface area contributed by atoms with Crippen molar-refractivity contribution in [2.45, 2.75) is 12.6 Å². The molecular formula is C10H5ClF3NO5. The summed E-state index contributed by atoms with van der Waals surface area (Å²) < 4.78 is 37.7. The summed E-state index contributed by atoms with van der Waals surface area (Å²) in [7, 11) is 0. The molecule has 108 valence electrons. The monoisotopic (exact) mass is 311 g/mol. The minimum atomic E-state index is -4.94. The number of hydrogen-bond acceptors (Lipinski definition) is 4. The first-order valence-corrected chi connectivity index (χ1v) is 5.22. The van der Waals surface area contributed by atoms with Crippen molar-refractivity contribution in [2.24, 2.45) is 0 Å². The fourth-order valence-electron chi connectivity index (χ4n) is 1.34. The maximum Gasteiger partial charge on any atom is 0.416 e. The first-order chi connectivity index (χ1) is 9.04. The van der Waals surface area contributed by atoms with Crippen molar-refractivity contribution in [3.8, 4) is 0 Å². The van der Waals surface area contributed by atoms with Crippen LogP contribution in [0.15, 0.2) is 12.1 Å². The predicted octanol–water partition coefficient (Wildman–Crippen LogP) is 2.92. The number of carbonyl (C=O) groups is 2. The summed E-state index contributed by atoms with van der Waals surface area (Å²) in [6.45, 7) is 0. The molecule has 0 saturated carbocycles. The lowest BCUT2D eigenvalue weighted by Crippen LogP contribution is -2.12. The molecule has 6 nitrogen and oxygen atoms in total. The molecule has 0 radical (unpaired) electrons. The van der Waals surface area contributed by atoms with Gasteiger partial charge in [0.2, 0.25) is 0 Å². The van der Waals surface area contributed by atoms with Gasteiger partial charge in [0, 0.05) is 11.6 Å². The molecule has 0 unspecified atom stereocenters. The molecule has 1 N–H and O–H groups in total. The molecule has 0 spiro atoms. The predicted molar refractivity (Wildman–Crippen MR) is 59.7 cm³/mol. The standard InChI is InChI=1S/C10H5ClF3NO5/c11-9-5(7(16)3-8(17)18)1-4(10(12,13)14)2-6(9)15(19)20/h1-2H,3H2,(H,17,18). The van der Waals surface area contributed by atoms with Crippen LogP contribution in [0.2, 0.25) is 5.02 Å². The molecule has 1 aromatic carbocycles. The summed E-state index contributed by atoms with van der Waals surface area (Å²) >= 11 is 5.48. The number of carboxylic acids is 1. The lowest BCUT2D eigenvalue weighted by atomic mass is 10.0. The number of ketones is 1. The van der Waals surface area contributed by atoms with E-state index in [0.29, 0.717) is 6.07 Å². The Morgan fingerprint density at radius 1 is 1.35 bits per heavy atom. The van der Waals surface area contributed by atoms with Crippen molar-refractivity contribution in [3.05, 3.63) is 38.4 Å². The van der Waals surface area contributed by atoms with Gasteiger partial charge >= 0.3 is 12.1 Å². The maximum atomic E-state index is 12.6. The zero-order valence-electron chi connectivity index (χ0n) is 9.40. The van der Waals surface area contributed by atoms with Gasteiger partial charge in [0.15, 0.2) is 5.78 Å². The minimum Gasteiger partial charge on any atom is -0.481 e. The largest absolute Gasteiger partial charge is 0.481 e. The van der Waals surface area contributed by atoms with Gasteiger partial charge in [-0.25, -0.2) is 0 Å². The first-order valence-electron chi connectivity index (χ1n) is 4.84. The highest BCUT2D eigenvalue weighted by atomic mass is 35.5. The number of alkyl halides is 3. The van der Waals surface area contributed by atoms with Crippen LogP contribution >= 0.6 is 11.6 Å². The van der Waals surface area contributed by atoms with Crippen molar-refractivity contribution < 1.29 is 32.8 Å². The van der Waals surface area contributed by atoms with Gasteiger partial charge in [0.05, 0.1) is 10.5 Å². The second-order valence-corrected chi connectivity index (χ2v) is 3.98. The van der Waals surface area contributed by atoms with Crippen molar-refractivity contribution in [1.82, 2.24) is 0 Å². The normalized spacial score (nSPS) is 11.2. The van der Waals surface area contributed by atoms with Crippen LogP contribution in [0.1, 0.15) is 22.3 Å². The highest BCUT2D eigenvalue weighted by Gasteiger charge is 2.35. The van der Waals surface area contributed by atoms with Crippen molar-refractivity contribution in [3.63, 3.8) is 0 Å². The van der Waals surface area contributed by atoms with E-state index in [4.69, 9.17) is 16.7 Å². The van der Waals surface area contributed by atoms with Gasteiger partial charge in [0.25, 0.3) is 5.69 Å². The number of benzene rings is 1. The fraction of sp³-hybridized carbons (Fsp3) is 0.200. The zero-order chi connectivity index (χ0) is 15.7. The van der Waals surface area contributed by atoms with Crippen LogP contribution in [0.25, 0.3) is 0 Å². The number of nitrogens with zero attached hydrogens (tertiary/aromatic N) is 1. The van der Waals surface area contributed by atoms with Crippen molar-refractivity contribution >= 4 is 29.0 Å². The van der Waals surface area contributed by atoms with E-state index in [1.807, 2.05) is 0 Å². The lowest BCUT2D eigenvalue weighted by Gasteiger charge is -2.10. The van der Waals surface area contributed by atoms with E-state index in [9.17, 15) is 32.9 Å². The number of nitro groups is 1. The average Bonchev–Trinajstić information content (AvgIpc) is 2.25. The molecule has 1 aromatic rings. The number of Topliss-reactive ketones (excluding diaryl/α,β-unsaturated/α-hetero) is 1. The maximum absolute atomic E-state index is 12.6. The van der Waals surface area contributed by atoms with Crippen LogP contribution in [0.5, 0.6) is 0 Å². The third-order valence-corrected chi connectivity index (χ3v) is 2.59. The van der Waals surface area contributed by atoms with Gasteiger partial charge in [0.1, 0.15) is 11.4 Å². The van der Waals surface area contributed by atoms with Gasteiger partial charge in [-0.2, -0.15) is 13.2 Å². The van der Waals surface area contributed by atoms with Gasteiger partial charge in [-0.15, -0.1) is 0 Å². The highest BCUT2D eigenvalue weighted by Crippen LogP contribution is 2.37. The number of carbonyl (C=O) groups excluding carboxylic acids is 1. The van der Waals surface area contributed by atoms with E-state index in [0.717, 1.165) is 0 Å². The van der Waals surface area contributed by atoms with Crippen LogP contribution in [0, 0.1) is 10.1 Å². The summed E-state index contributed by atoms with van der Waals surface area (Å²) in [6.07, 6.45) is -6.06. The molecule has 0 heterocycles. The Labute approximate surface area is 113 Å². The van der Waals surface area contributed by atoms with Gasteiger partial charge in [-0.1, -0.05) is 11.6 Å². The van der Waals surface area contributed by atoms with Gasteiger partial charge in [-0.05, 0) is 6.07 Å². The van der Waals surface area contributed by atoms with Gasteiger partial charge < -0.3 is 5.11 Å². The summed E-state index contributed by atoms with van der Waals surface area (Å²) in [5, 5.41) is 18.2. The Morgan fingerprint density at radius 2 is 1.90 bits per heavy atom. The molecule has 10 heteroatoms. The summed E-state index contributed by atoms with van der Waals surface area (Å²) in [4.78, 5) is 31.3. The molecule has 0 amide bonds. The smallest absolute Gasteiger partial charge is 0.416 e. The fourth-order valence-corrected chi connectivity index (χ4v) is 1.62. The molecular weight excluding hydrogens is 307 g/mol. The van der Waals surface area contributed by atoms with Crippen molar-refractivity contribution in [1.29, 1.82) is 0 Å². The summed E-state index contributed by atoms with van der Waals surface area (Å²) in [6, 6.07) is 0.473. The van der Waals surface area contributed by atoms with Crippen LogP contribution in [-0.4, -0.2) is 21.8 Å². The minimum absolute atomic E-state index is 0.180. The molecule has 0 fully saturated rings. The highest BCUT2D eigenvalue weighted by molar-refractivity contribution is 6.36. The summed E-state index contributed by atoms with van der Waals surface area (Å²) in [5.41, 5.74) is -3.42. The van der Waals surface area contributed by atoms with E-state index in [-0.39, 0.29) is 6.07 Å². The van der Waals surface area contributed by atoms with E-state index in [1.165, 1.54) is 0 Å². The van der Waals surface area contributed by atoms with Crippen LogP contribution < -0.4 is 0 Å². The first kappa shape index (κ1) is 15.9. The Hall–Kier alpha value is -2.16. The third-order valence-electron chi connectivity index (χ3n) is 2.19. The Balaban J connectivity index is 3.50. The number of halogens is 4. The second kappa shape index (κ2) is 5.45.